The Morgan fingerprint density at radius 1 is 0.522 bits per heavy atom. The van der Waals surface area contributed by atoms with Crippen molar-refractivity contribution >= 4 is 0 Å². The van der Waals surface area contributed by atoms with Gasteiger partial charge in [0.1, 0.15) is 0 Å². The van der Waals surface area contributed by atoms with Crippen LogP contribution in [0.5, 0.6) is 0 Å². The third-order valence-corrected chi connectivity index (χ3v) is 3.56. The van der Waals surface area contributed by atoms with E-state index in [-0.39, 0.29) is 12.1 Å². The van der Waals surface area contributed by atoms with Gasteiger partial charge >= 0.3 is 29.6 Å². The standard InChI is InChI=1S/C12H4F11/c13-7(6-4-2-1-3-5-6)8(14,15)10(18,19)12(22,23)11(20,21)9(7,16)17/h2-5H. The molecule has 1 fully saturated rings. The molecule has 1 aliphatic rings. The molecule has 0 heterocycles. The summed E-state index contributed by atoms with van der Waals surface area (Å²) in [5.74, 6) is -35.0. The maximum atomic E-state index is 14.4. The lowest BCUT2D eigenvalue weighted by atomic mass is 9.69. The Balaban J connectivity index is 2.91. The van der Waals surface area contributed by atoms with E-state index in [1.54, 1.807) is 0 Å². The van der Waals surface area contributed by atoms with Gasteiger partial charge in [0.2, 0.25) is 0 Å². The fraction of sp³-hybridized carbons (Fsp3) is 0.500. The molecule has 1 radical (unpaired) electrons. The third kappa shape index (κ3) is 1.58. The van der Waals surface area contributed by atoms with Crippen LogP contribution in [0.15, 0.2) is 24.3 Å². The first kappa shape index (κ1) is 17.8. The Hall–Kier alpha value is -1.55. The number of hydrogen-bond acceptors (Lipinski definition) is 0. The first-order valence-electron chi connectivity index (χ1n) is 5.65. The van der Waals surface area contributed by atoms with Gasteiger partial charge < -0.3 is 0 Å². The maximum Gasteiger partial charge on any atom is 0.384 e. The van der Waals surface area contributed by atoms with Crippen molar-refractivity contribution in [3.05, 3.63) is 35.9 Å². The SMILES string of the molecule is FC1(F)C(F)(F)C(F)(F)C(F)(c2cc[c]cc2)C(F)(F)C1(F)F. The fourth-order valence-corrected chi connectivity index (χ4v) is 2.20. The minimum Gasteiger partial charge on any atom is -0.225 e. The van der Waals surface area contributed by atoms with Gasteiger partial charge in [-0.25, -0.2) is 4.39 Å². The second-order valence-corrected chi connectivity index (χ2v) is 4.82. The smallest absolute Gasteiger partial charge is 0.225 e. The average molecular weight is 357 g/mol. The fourth-order valence-electron chi connectivity index (χ4n) is 2.20. The molecule has 1 aliphatic carbocycles. The second kappa shape index (κ2) is 4.29. The van der Waals surface area contributed by atoms with Crippen LogP contribution in [-0.4, -0.2) is 29.6 Å². The summed E-state index contributed by atoms with van der Waals surface area (Å²) in [6, 6.07) is 3.08. The lowest BCUT2D eigenvalue weighted by Gasteiger charge is -2.52. The van der Waals surface area contributed by atoms with Gasteiger partial charge in [-0.05, 0) is 6.07 Å². The molecule has 0 N–H and O–H groups in total. The van der Waals surface area contributed by atoms with Crippen molar-refractivity contribution in [3.8, 4) is 0 Å². The highest BCUT2D eigenvalue weighted by Gasteiger charge is 3.01. The molecule has 0 unspecified atom stereocenters. The zero-order chi connectivity index (χ0) is 18.1. The molecular formula is C12H4F11. The van der Waals surface area contributed by atoms with Crippen LogP contribution in [0.1, 0.15) is 5.56 Å². The average Bonchev–Trinajstić information content (AvgIpc) is 2.45. The summed E-state index contributed by atoms with van der Waals surface area (Å²) in [4.78, 5) is 0. The predicted molar refractivity (Wildman–Crippen MR) is 52.8 cm³/mol. The Bertz CT molecular complexity index is 575. The molecule has 2 rings (SSSR count). The van der Waals surface area contributed by atoms with E-state index in [0.717, 1.165) is 0 Å². The molecule has 0 nitrogen and oxygen atoms in total. The first-order valence-corrected chi connectivity index (χ1v) is 5.65. The zero-order valence-electron chi connectivity index (χ0n) is 10.5. The van der Waals surface area contributed by atoms with Gasteiger partial charge in [0.05, 0.1) is 0 Å². The number of alkyl halides is 11. The van der Waals surface area contributed by atoms with Gasteiger partial charge in [-0.15, -0.1) is 0 Å². The number of hydrogen-bond donors (Lipinski definition) is 0. The van der Waals surface area contributed by atoms with E-state index in [0.29, 0.717) is 12.1 Å². The van der Waals surface area contributed by atoms with Crippen LogP contribution >= 0.6 is 0 Å². The summed E-state index contributed by atoms with van der Waals surface area (Å²) >= 11 is 0. The normalized spacial score (nSPS) is 29.0. The van der Waals surface area contributed by atoms with Crippen molar-refractivity contribution in [2.45, 2.75) is 35.3 Å². The highest BCUT2D eigenvalue weighted by molar-refractivity contribution is 5.36. The van der Waals surface area contributed by atoms with E-state index >= 15 is 0 Å². The molecule has 0 aromatic heterocycles. The third-order valence-electron chi connectivity index (χ3n) is 3.56. The lowest BCUT2D eigenvalue weighted by molar-refractivity contribution is -0.489. The largest absolute Gasteiger partial charge is 0.384 e. The summed E-state index contributed by atoms with van der Waals surface area (Å²) in [6.45, 7) is 0. The molecule has 0 aliphatic heterocycles. The summed E-state index contributed by atoms with van der Waals surface area (Å²) < 4.78 is 148. The van der Waals surface area contributed by atoms with Gasteiger partial charge in [0.25, 0.3) is 5.67 Å². The Morgan fingerprint density at radius 3 is 1.17 bits per heavy atom. The van der Waals surface area contributed by atoms with Gasteiger partial charge in [-0.3, -0.25) is 0 Å². The van der Waals surface area contributed by atoms with E-state index in [9.17, 15) is 48.3 Å². The van der Waals surface area contributed by atoms with Gasteiger partial charge in [0.15, 0.2) is 0 Å². The zero-order valence-corrected chi connectivity index (χ0v) is 10.5. The van der Waals surface area contributed by atoms with Crippen molar-refractivity contribution in [3.63, 3.8) is 0 Å². The Morgan fingerprint density at radius 2 is 0.826 bits per heavy atom. The molecule has 23 heavy (non-hydrogen) atoms. The molecule has 0 spiro atoms. The van der Waals surface area contributed by atoms with E-state index < -0.39 is 40.8 Å². The summed E-state index contributed by atoms with van der Waals surface area (Å²) in [5.41, 5.74) is -8.09. The van der Waals surface area contributed by atoms with Crippen LogP contribution in [-0.2, 0) is 5.67 Å². The van der Waals surface area contributed by atoms with Crippen LogP contribution in [0, 0.1) is 6.07 Å². The van der Waals surface area contributed by atoms with Crippen LogP contribution in [0.3, 0.4) is 0 Å². The van der Waals surface area contributed by atoms with Crippen molar-refractivity contribution in [2.24, 2.45) is 0 Å². The predicted octanol–water partition coefficient (Wildman–Crippen LogP) is 4.84. The molecule has 1 saturated carbocycles. The molecule has 0 amide bonds. The van der Waals surface area contributed by atoms with Crippen molar-refractivity contribution in [2.75, 3.05) is 0 Å². The highest BCUT2D eigenvalue weighted by Crippen LogP contribution is 2.72. The quantitative estimate of drug-likeness (QED) is 0.631. The van der Waals surface area contributed by atoms with Gasteiger partial charge in [-0.1, -0.05) is 24.3 Å². The molecule has 129 valence electrons. The monoisotopic (exact) mass is 357 g/mol. The molecule has 0 bridgehead atoms. The summed E-state index contributed by atoms with van der Waals surface area (Å²) in [6.07, 6.45) is 0. The van der Waals surface area contributed by atoms with E-state index in [1.165, 1.54) is 0 Å². The molecule has 1 aromatic carbocycles. The van der Waals surface area contributed by atoms with Crippen molar-refractivity contribution in [1.82, 2.24) is 0 Å². The van der Waals surface area contributed by atoms with E-state index in [1.807, 2.05) is 6.07 Å². The van der Waals surface area contributed by atoms with E-state index in [2.05, 4.69) is 0 Å². The van der Waals surface area contributed by atoms with E-state index in [4.69, 9.17) is 0 Å². The highest BCUT2D eigenvalue weighted by atomic mass is 19.4. The molecule has 11 heteroatoms. The van der Waals surface area contributed by atoms with Crippen molar-refractivity contribution < 1.29 is 48.3 Å². The number of benzene rings is 1. The maximum absolute atomic E-state index is 14.4. The summed E-state index contributed by atoms with van der Waals surface area (Å²) in [5, 5.41) is 0. The Kier molecular flexibility index (Phi) is 3.32. The topological polar surface area (TPSA) is 0 Å². The minimum absolute atomic E-state index is 0.0391. The van der Waals surface area contributed by atoms with Crippen LogP contribution in [0.4, 0.5) is 48.3 Å². The molecule has 0 saturated heterocycles. The molecule has 0 atom stereocenters. The van der Waals surface area contributed by atoms with Gasteiger partial charge in [0, 0.05) is 5.56 Å². The van der Waals surface area contributed by atoms with Crippen LogP contribution in [0.25, 0.3) is 0 Å². The summed E-state index contributed by atoms with van der Waals surface area (Å²) in [7, 11) is 0. The number of rotatable bonds is 1. The number of halogens is 11. The second-order valence-electron chi connectivity index (χ2n) is 4.82. The van der Waals surface area contributed by atoms with Gasteiger partial charge in [-0.2, -0.15) is 43.9 Å². The van der Waals surface area contributed by atoms with Crippen LogP contribution < -0.4 is 0 Å². The van der Waals surface area contributed by atoms with Crippen molar-refractivity contribution in [1.29, 1.82) is 0 Å². The minimum atomic E-state index is -7.19. The van der Waals surface area contributed by atoms with Crippen LogP contribution in [0.2, 0.25) is 0 Å². The molecular weight excluding hydrogens is 353 g/mol. The first-order chi connectivity index (χ1) is 10.1. The molecule has 1 aromatic rings. The Labute approximate surface area is 120 Å². The lowest BCUT2D eigenvalue weighted by Crippen LogP contribution is -2.82.